The summed E-state index contributed by atoms with van der Waals surface area (Å²) in [7, 11) is 0. The second kappa shape index (κ2) is 10.6. The molecule has 7 nitrogen and oxygen atoms in total. The van der Waals surface area contributed by atoms with Gasteiger partial charge >= 0.3 is 0 Å². The lowest BCUT2D eigenvalue weighted by Gasteiger charge is -2.31. The highest BCUT2D eigenvalue weighted by molar-refractivity contribution is 5.90. The third kappa shape index (κ3) is 5.30. The number of carbonyl (C=O) groups is 2. The lowest BCUT2D eigenvalue weighted by Crippen LogP contribution is -2.52. The molecule has 1 aromatic carbocycles. The van der Waals surface area contributed by atoms with Gasteiger partial charge in [0.2, 0.25) is 11.8 Å². The van der Waals surface area contributed by atoms with E-state index in [-0.39, 0.29) is 17.7 Å². The maximum atomic E-state index is 13.4. The van der Waals surface area contributed by atoms with E-state index in [4.69, 9.17) is 5.53 Å². The first kappa shape index (κ1) is 21.7. The molecule has 0 bridgehead atoms. The number of benzene rings is 1. The number of nitrogens with one attached hydrogen (secondary N) is 1. The zero-order valence-corrected chi connectivity index (χ0v) is 17.4. The van der Waals surface area contributed by atoms with Crippen LogP contribution in [0.2, 0.25) is 0 Å². The summed E-state index contributed by atoms with van der Waals surface area (Å²) in [5.41, 5.74) is 10.1. The molecule has 0 radical (unpaired) electrons. The van der Waals surface area contributed by atoms with Crippen LogP contribution < -0.4 is 5.32 Å². The highest BCUT2D eigenvalue weighted by Gasteiger charge is 2.38. The Morgan fingerprint density at radius 2 is 2.13 bits per heavy atom. The van der Waals surface area contributed by atoms with Crippen molar-refractivity contribution >= 4 is 11.8 Å². The first-order valence-corrected chi connectivity index (χ1v) is 10.6. The fourth-order valence-corrected chi connectivity index (χ4v) is 4.39. The van der Waals surface area contributed by atoms with Crippen LogP contribution >= 0.6 is 0 Å². The third-order valence-corrected chi connectivity index (χ3v) is 5.95. The molecule has 1 unspecified atom stereocenters. The molecule has 30 heavy (non-hydrogen) atoms. The number of nitrogens with zero attached hydrogens (tertiary/aromatic N) is 4. The van der Waals surface area contributed by atoms with Gasteiger partial charge in [-0.2, -0.15) is 0 Å². The van der Waals surface area contributed by atoms with E-state index in [0.29, 0.717) is 31.8 Å². The zero-order chi connectivity index (χ0) is 21.3. The molecule has 2 aliphatic rings. The van der Waals surface area contributed by atoms with Crippen LogP contribution in [0.1, 0.15) is 31.7 Å². The predicted octanol–water partition coefficient (Wildman–Crippen LogP) is 3.78. The van der Waals surface area contributed by atoms with E-state index in [1.165, 1.54) is 0 Å². The molecular formula is C23H29N5O2. The van der Waals surface area contributed by atoms with Crippen LogP contribution in [0.5, 0.6) is 0 Å². The summed E-state index contributed by atoms with van der Waals surface area (Å²) >= 11 is 0. The van der Waals surface area contributed by atoms with Gasteiger partial charge < -0.3 is 10.2 Å². The lowest BCUT2D eigenvalue weighted by atomic mass is 9.81. The van der Waals surface area contributed by atoms with Crippen LogP contribution in [0.3, 0.4) is 0 Å². The van der Waals surface area contributed by atoms with Crippen molar-refractivity contribution in [3.8, 4) is 0 Å². The number of hydrogen-bond donors (Lipinski definition) is 1. The summed E-state index contributed by atoms with van der Waals surface area (Å²) in [5, 5.41) is 6.70. The highest BCUT2D eigenvalue weighted by atomic mass is 16.2. The number of likely N-dealkylation sites (tertiary alicyclic amines) is 1. The number of rotatable bonds is 7. The van der Waals surface area contributed by atoms with E-state index in [1.54, 1.807) is 4.90 Å². The van der Waals surface area contributed by atoms with Crippen LogP contribution in [-0.2, 0) is 16.0 Å². The second-order valence-corrected chi connectivity index (χ2v) is 7.85. The molecule has 1 N–H and O–H groups in total. The van der Waals surface area contributed by atoms with E-state index in [2.05, 4.69) is 27.5 Å². The van der Waals surface area contributed by atoms with Gasteiger partial charge in [0.05, 0.1) is 0 Å². The fraction of sp³-hybridized carbons (Fsp3) is 0.478. The van der Waals surface area contributed by atoms with Crippen LogP contribution in [-0.4, -0.2) is 41.9 Å². The Balaban J connectivity index is 1.87. The number of azide groups is 1. The topological polar surface area (TPSA) is 98.2 Å². The Kier molecular flexibility index (Phi) is 7.69. The zero-order valence-electron chi connectivity index (χ0n) is 17.4. The highest BCUT2D eigenvalue weighted by Crippen LogP contribution is 2.33. The van der Waals surface area contributed by atoms with E-state index < -0.39 is 12.1 Å². The molecule has 0 aromatic heterocycles. The first-order valence-electron chi connectivity index (χ1n) is 10.6. The molecule has 2 amide bonds. The van der Waals surface area contributed by atoms with E-state index in [0.717, 1.165) is 18.4 Å². The molecular weight excluding hydrogens is 378 g/mol. The van der Waals surface area contributed by atoms with Crippen molar-refractivity contribution in [2.75, 3.05) is 13.1 Å². The van der Waals surface area contributed by atoms with Crippen molar-refractivity contribution in [2.45, 2.75) is 44.7 Å². The SMILES string of the molecule is CCNC(=O)[C@H](Cc1ccccc1)N1CC[C@H](C2C=CC=CC2)C[C@H](N=[N+]=[N-])C1=O. The van der Waals surface area contributed by atoms with Crippen molar-refractivity contribution in [1.29, 1.82) is 0 Å². The average molecular weight is 408 g/mol. The monoisotopic (exact) mass is 407 g/mol. The van der Waals surface area contributed by atoms with Gasteiger partial charge in [-0.25, -0.2) is 0 Å². The smallest absolute Gasteiger partial charge is 0.243 e. The minimum atomic E-state index is -0.783. The number of amides is 2. The molecule has 1 aliphatic heterocycles. The van der Waals surface area contributed by atoms with Crippen molar-refractivity contribution in [2.24, 2.45) is 17.0 Å². The lowest BCUT2D eigenvalue weighted by molar-refractivity contribution is -0.140. The predicted molar refractivity (Wildman–Crippen MR) is 116 cm³/mol. The first-order chi connectivity index (χ1) is 14.6. The van der Waals surface area contributed by atoms with Crippen LogP contribution in [0, 0.1) is 11.8 Å². The van der Waals surface area contributed by atoms with Crippen LogP contribution in [0.25, 0.3) is 10.4 Å². The van der Waals surface area contributed by atoms with Gasteiger partial charge in [-0.15, -0.1) is 0 Å². The van der Waals surface area contributed by atoms with Crippen LogP contribution in [0.4, 0.5) is 0 Å². The standard InChI is InChI=1S/C23H29N5O2/c1-2-25-22(29)21(15-17-9-5-3-6-10-17)28-14-13-19(18-11-7-4-8-12-18)16-20(23(28)30)26-27-24/h3-11,18-21H,2,12-16H2,1H3,(H,25,29)/t18?,19-,20-,21-/m0/s1. The molecule has 158 valence electrons. The normalized spacial score (nSPS) is 24.6. The van der Waals surface area contributed by atoms with Crippen molar-refractivity contribution < 1.29 is 9.59 Å². The summed E-state index contributed by atoms with van der Waals surface area (Å²) in [6, 6.07) is 8.29. The Labute approximate surface area is 177 Å². The summed E-state index contributed by atoms with van der Waals surface area (Å²) in [5.74, 6) is 0.115. The van der Waals surface area contributed by atoms with Crippen molar-refractivity contribution in [1.82, 2.24) is 10.2 Å². The number of carbonyl (C=O) groups excluding carboxylic acids is 2. The minimum absolute atomic E-state index is 0.173. The molecule has 4 atom stereocenters. The van der Waals surface area contributed by atoms with Gasteiger partial charge in [0.25, 0.3) is 0 Å². The quantitative estimate of drug-likeness (QED) is 0.423. The third-order valence-electron chi connectivity index (χ3n) is 5.95. The summed E-state index contributed by atoms with van der Waals surface area (Å²) in [4.78, 5) is 30.9. The van der Waals surface area contributed by atoms with Gasteiger partial charge in [-0.05, 0) is 49.1 Å². The van der Waals surface area contributed by atoms with Crippen LogP contribution in [0.15, 0.2) is 59.8 Å². The van der Waals surface area contributed by atoms with Gasteiger partial charge in [0, 0.05) is 24.4 Å². The molecule has 1 saturated heterocycles. The van der Waals surface area contributed by atoms with Crippen molar-refractivity contribution in [3.05, 3.63) is 70.6 Å². The van der Waals surface area contributed by atoms with E-state index >= 15 is 0 Å². The summed E-state index contributed by atoms with van der Waals surface area (Å²) < 4.78 is 0. The number of allylic oxidation sites excluding steroid dienone is 4. The maximum Gasteiger partial charge on any atom is 0.243 e. The molecule has 0 spiro atoms. The number of likely N-dealkylation sites (N-methyl/N-ethyl adjacent to an activating group) is 1. The van der Waals surface area contributed by atoms with Gasteiger partial charge in [-0.1, -0.05) is 59.8 Å². The molecule has 3 rings (SSSR count). The largest absolute Gasteiger partial charge is 0.355 e. The molecule has 0 saturated carbocycles. The Bertz CT molecular complexity index is 844. The second-order valence-electron chi connectivity index (χ2n) is 7.85. The molecule has 1 aliphatic carbocycles. The molecule has 7 heteroatoms. The van der Waals surface area contributed by atoms with Gasteiger partial charge in [0.1, 0.15) is 12.1 Å². The Morgan fingerprint density at radius 3 is 2.80 bits per heavy atom. The Hall–Kier alpha value is -3.05. The minimum Gasteiger partial charge on any atom is -0.355 e. The van der Waals surface area contributed by atoms with Gasteiger partial charge in [0.15, 0.2) is 0 Å². The van der Waals surface area contributed by atoms with Crippen molar-refractivity contribution in [3.63, 3.8) is 0 Å². The van der Waals surface area contributed by atoms with E-state index in [1.807, 2.05) is 49.4 Å². The molecule has 1 fully saturated rings. The van der Waals surface area contributed by atoms with Gasteiger partial charge in [-0.3, -0.25) is 9.59 Å². The summed E-state index contributed by atoms with van der Waals surface area (Å²) in [6.07, 6.45) is 11.0. The van der Waals surface area contributed by atoms with E-state index in [9.17, 15) is 9.59 Å². The molecule has 1 heterocycles. The molecule has 1 aromatic rings. The number of hydrogen-bond acceptors (Lipinski definition) is 3. The summed E-state index contributed by atoms with van der Waals surface area (Å²) in [6.45, 7) is 2.83. The Morgan fingerprint density at radius 1 is 1.33 bits per heavy atom. The fourth-order valence-electron chi connectivity index (χ4n) is 4.39. The average Bonchev–Trinajstić information content (AvgIpc) is 2.93. The maximum absolute atomic E-state index is 13.4.